The van der Waals surface area contributed by atoms with E-state index in [2.05, 4.69) is 42.4 Å². The molecule has 3 rings (SSSR count). The summed E-state index contributed by atoms with van der Waals surface area (Å²) in [7, 11) is 2.19. The molecule has 1 saturated carbocycles. The minimum atomic E-state index is 0.956. The number of hydrogen-bond donors (Lipinski definition) is 1. The predicted molar refractivity (Wildman–Crippen MR) is 90.9 cm³/mol. The number of anilines is 1. The maximum absolute atomic E-state index is 3.65. The van der Waals surface area contributed by atoms with Crippen molar-refractivity contribution in [1.29, 1.82) is 0 Å². The van der Waals surface area contributed by atoms with Crippen LogP contribution in [-0.2, 0) is 13.0 Å². The Morgan fingerprint density at radius 2 is 2.19 bits per heavy atom. The van der Waals surface area contributed by atoms with Gasteiger partial charge in [0.05, 0.1) is 0 Å². The van der Waals surface area contributed by atoms with Crippen molar-refractivity contribution in [2.45, 2.75) is 52.0 Å². The van der Waals surface area contributed by atoms with Crippen molar-refractivity contribution in [3.63, 3.8) is 0 Å². The van der Waals surface area contributed by atoms with Gasteiger partial charge in [0.1, 0.15) is 0 Å². The van der Waals surface area contributed by atoms with Crippen molar-refractivity contribution in [3.8, 4) is 0 Å². The number of rotatable bonds is 5. The summed E-state index contributed by atoms with van der Waals surface area (Å²) in [6, 6.07) is 6.98. The van der Waals surface area contributed by atoms with Gasteiger partial charge in [-0.15, -0.1) is 0 Å². The molecule has 0 saturated heterocycles. The molecule has 2 aliphatic rings. The number of fused-ring (bicyclic) bond motifs is 1. The molecule has 2 atom stereocenters. The van der Waals surface area contributed by atoms with Gasteiger partial charge in [-0.1, -0.05) is 38.3 Å². The molecule has 0 bridgehead atoms. The van der Waals surface area contributed by atoms with Gasteiger partial charge in [0, 0.05) is 25.8 Å². The first kappa shape index (κ1) is 14.9. The smallest absolute Gasteiger partial charge is 0.0397 e. The highest BCUT2D eigenvalue weighted by atomic mass is 15.1. The van der Waals surface area contributed by atoms with E-state index in [1.54, 1.807) is 0 Å². The molecule has 1 heterocycles. The van der Waals surface area contributed by atoms with E-state index in [0.29, 0.717) is 0 Å². The second kappa shape index (κ2) is 6.83. The second-order valence-electron chi connectivity index (χ2n) is 7.24. The normalized spacial score (nSPS) is 25.1. The summed E-state index contributed by atoms with van der Waals surface area (Å²) in [5.74, 6) is 1.92. The quantitative estimate of drug-likeness (QED) is 0.824. The highest BCUT2D eigenvalue weighted by Gasteiger charge is 2.18. The average molecular weight is 286 g/mol. The van der Waals surface area contributed by atoms with Gasteiger partial charge in [-0.3, -0.25) is 0 Å². The molecule has 1 aromatic rings. The van der Waals surface area contributed by atoms with Crippen LogP contribution < -0.4 is 10.2 Å². The third-order valence-corrected chi connectivity index (χ3v) is 5.38. The number of nitrogens with one attached hydrogen (secondary N) is 1. The summed E-state index contributed by atoms with van der Waals surface area (Å²) in [6.45, 7) is 5.79. The van der Waals surface area contributed by atoms with Crippen LogP contribution in [0.3, 0.4) is 0 Å². The van der Waals surface area contributed by atoms with Crippen LogP contribution in [0, 0.1) is 11.8 Å². The van der Waals surface area contributed by atoms with Crippen molar-refractivity contribution in [1.82, 2.24) is 5.32 Å². The first-order valence-corrected chi connectivity index (χ1v) is 8.76. The Labute approximate surface area is 129 Å². The largest absolute Gasteiger partial charge is 0.374 e. The third-order valence-electron chi connectivity index (χ3n) is 5.38. The molecule has 2 unspecified atom stereocenters. The number of hydrogen-bond acceptors (Lipinski definition) is 2. The lowest BCUT2D eigenvalue weighted by atomic mass is 9.81. The zero-order valence-corrected chi connectivity index (χ0v) is 13.7. The average Bonchev–Trinajstić information content (AvgIpc) is 2.85. The predicted octanol–water partition coefficient (Wildman–Crippen LogP) is 3.98. The molecule has 0 spiro atoms. The van der Waals surface area contributed by atoms with Crippen molar-refractivity contribution < 1.29 is 0 Å². The van der Waals surface area contributed by atoms with Crippen molar-refractivity contribution in [2.24, 2.45) is 11.8 Å². The summed E-state index contributed by atoms with van der Waals surface area (Å²) in [5, 5.41) is 3.65. The van der Waals surface area contributed by atoms with Gasteiger partial charge in [0.15, 0.2) is 0 Å². The highest BCUT2D eigenvalue weighted by molar-refractivity contribution is 5.58. The number of likely N-dealkylation sites (N-methyl/N-ethyl adjacent to an activating group) is 1. The molecule has 2 nitrogen and oxygen atoms in total. The molecule has 116 valence electrons. The zero-order chi connectivity index (χ0) is 14.7. The monoisotopic (exact) mass is 286 g/mol. The summed E-state index contributed by atoms with van der Waals surface area (Å²) >= 11 is 0. The van der Waals surface area contributed by atoms with Crippen LogP contribution in [0.25, 0.3) is 0 Å². The third kappa shape index (κ3) is 3.79. The molecular formula is C19H30N2. The minimum Gasteiger partial charge on any atom is -0.374 e. The van der Waals surface area contributed by atoms with Crippen LogP contribution in [0.4, 0.5) is 5.69 Å². The molecule has 1 N–H and O–H groups in total. The standard InChI is InChI=1S/C19H30N2/c1-15-4-3-5-16(12-15)8-10-20-14-17-6-7-19-18(13-17)9-11-21(19)2/h6-7,13,15-16,20H,3-5,8-12,14H2,1-2H3. The molecule has 21 heavy (non-hydrogen) atoms. The van der Waals surface area contributed by atoms with Gasteiger partial charge in [-0.25, -0.2) is 0 Å². The minimum absolute atomic E-state index is 0.956. The van der Waals surface area contributed by atoms with Gasteiger partial charge in [0.25, 0.3) is 0 Å². The van der Waals surface area contributed by atoms with Crippen LogP contribution in [0.1, 0.15) is 50.2 Å². The Kier molecular flexibility index (Phi) is 4.84. The lowest BCUT2D eigenvalue weighted by molar-refractivity contribution is 0.267. The molecule has 1 aromatic carbocycles. The first-order chi connectivity index (χ1) is 10.2. The molecular weight excluding hydrogens is 256 g/mol. The highest BCUT2D eigenvalue weighted by Crippen LogP contribution is 2.30. The summed E-state index contributed by atoms with van der Waals surface area (Å²) in [6.07, 6.45) is 8.37. The van der Waals surface area contributed by atoms with E-state index in [4.69, 9.17) is 0 Å². The van der Waals surface area contributed by atoms with E-state index in [9.17, 15) is 0 Å². The van der Waals surface area contributed by atoms with Crippen molar-refractivity contribution in [3.05, 3.63) is 29.3 Å². The van der Waals surface area contributed by atoms with E-state index in [0.717, 1.165) is 18.4 Å². The topological polar surface area (TPSA) is 15.3 Å². The molecule has 2 heteroatoms. The van der Waals surface area contributed by atoms with E-state index >= 15 is 0 Å². The van der Waals surface area contributed by atoms with Crippen LogP contribution >= 0.6 is 0 Å². The summed E-state index contributed by atoms with van der Waals surface area (Å²) in [4.78, 5) is 2.36. The van der Waals surface area contributed by atoms with Crippen molar-refractivity contribution in [2.75, 3.05) is 25.0 Å². The second-order valence-corrected chi connectivity index (χ2v) is 7.24. The maximum Gasteiger partial charge on any atom is 0.0397 e. The van der Waals surface area contributed by atoms with Crippen molar-refractivity contribution >= 4 is 5.69 Å². The molecule has 1 aliphatic carbocycles. The Balaban J connectivity index is 1.41. The lowest BCUT2D eigenvalue weighted by Crippen LogP contribution is -2.21. The van der Waals surface area contributed by atoms with Gasteiger partial charge < -0.3 is 10.2 Å². The fraction of sp³-hybridized carbons (Fsp3) is 0.684. The summed E-state index contributed by atoms with van der Waals surface area (Å²) < 4.78 is 0. The van der Waals surface area contributed by atoms with E-state index in [1.807, 2.05) is 0 Å². The van der Waals surface area contributed by atoms with E-state index < -0.39 is 0 Å². The fourth-order valence-electron chi connectivity index (χ4n) is 4.09. The number of benzene rings is 1. The molecule has 1 fully saturated rings. The molecule has 0 aromatic heterocycles. The van der Waals surface area contributed by atoms with Crippen LogP contribution in [0.5, 0.6) is 0 Å². The van der Waals surface area contributed by atoms with Gasteiger partial charge in [-0.05, 0) is 54.8 Å². The van der Waals surface area contributed by atoms with E-state index in [-0.39, 0.29) is 0 Å². The van der Waals surface area contributed by atoms with Gasteiger partial charge in [0.2, 0.25) is 0 Å². The fourth-order valence-corrected chi connectivity index (χ4v) is 4.09. The number of nitrogens with zero attached hydrogens (tertiary/aromatic N) is 1. The Bertz CT molecular complexity index is 469. The maximum atomic E-state index is 3.65. The van der Waals surface area contributed by atoms with Gasteiger partial charge >= 0.3 is 0 Å². The Morgan fingerprint density at radius 1 is 1.29 bits per heavy atom. The lowest BCUT2D eigenvalue weighted by Gasteiger charge is -2.26. The van der Waals surface area contributed by atoms with Crippen LogP contribution in [0.2, 0.25) is 0 Å². The summed E-state index contributed by atoms with van der Waals surface area (Å²) in [5.41, 5.74) is 4.40. The van der Waals surface area contributed by atoms with Crippen LogP contribution in [0.15, 0.2) is 18.2 Å². The molecule has 1 aliphatic heterocycles. The zero-order valence-electron chi connectivity index (χ0n) is 13.7. The Morgan fingerprint density at radius 3 is 3.05 bits per heavy atom. The first-order valence-electron chi connectivity index (χ1n) is 8.76. The van der Waals surface area contributed by atoms with Crippen LogP contribution in [-0.4, -0.2) is 20.1 Å². The SMILES string of the molecule is CC1CCCC(CCNCc2ccc3c(c2)CCN3C)C1. The van der Waals surface area contributed by atoms with E-state index in [1.165, 1.54) is 68.4 Å². The molecule has 0 amide bonds. The van der Waals surface area contributed by atoms with Gasteiger partial charge in [-0.2, -0.15) is 0 Å². The molecule has 0 radical (unpaired) electrons. The Hall–Kier alpha value is -1.02.